The van der Waals surface area contributed by atoms with Gasteiger partial charge in [0, 0.05) is 12.1 Å². The highest BCUT2D eigenvalue weighted by Crippen LogP contribution is 2.30. The normalized spacial score (nSPS) is 20.9. The van der Waals surface area contributed by atoms with Gasteiger partial charge >= 0.3 is 0 Å². The van der Waals surface area contributed by atoms with Crippen LogP contribution in [0, 0.1) is 5.92 Å². The third kappa shape index (κ3) is 3.75. The Kier molecular flexibility index (Phi) is 5.47. The molecule has 1 aliphatic heterocycles. The molecular formula is C17H24N2O4. The molecule has 0 spiro atoms. The lowest BCUT2D eigenvalue weighted by molar-refractivity contribution is -0.124. The number of methoxy groups -OCH3 is 1. The molecule has 6 nitrogen and oxygen atoms in total. The zero-order valence-corrected chi connectivity index (χ0v) is 13.9. The fourth-order valence-corrected chi connectivity index (χ4v) is 2.90. The third-order valence-electron chi connectivity index (χ3n) is 4.16. The summed E-state index contributed by atoms with van der Waals surface area (Å²) in [6, 6.07) is 4.49. The number of rotatable bonds is 5. The predicted octanol–water partition coefficient (Wildman–Crippen LogP) is 1.82. The topological polar surface area (TPSA) is 81.9 Å². The average Bonchev–Trinajstić information content (AvgIpc) is 2.54. The van der Waals surface area contributed by atoms with Crippen LogP contribution in [0.25, 0.3) is 0 Å². The third-order valence-corrected chi connectivity index (χ3v) is 4.16. The second kappa shape index (κ2) is 7.35. The minimum atomic E-state index is -0.552. The van der Waals surface area contributed by atoms with Gasteiger partial charge in [-0.2, -0.15) is 0 Å². The Bertz CT molecular complexity index is 588. The lowest BCUT2D eigenvalue weighted by atomic mass is 9.91. The van der Waals surface area contributed by atoms with E-state index in [0.29, 0.717) is 42.6 Å². The van der Waals surface area contributed by atoms with E-state index in [1.165, 1.54) is 7.11 Å². The smallest absolute Gasteiger partial charge is 0.254 e. The molecule has 0 aliphatic carbocycles. The van der Waals surface area contributed by atoms with E-state index in [0.717, 1.165) is 6.42 Å². The summed E-state index contributed by atoms with van der Waals surface area (Å²) < 4.78 is 10.7. The fourth-order valence-electron chi connectivity index (χ4n) is 2.90. The molecule has 1 fully saturated rings. The number of nitrogens with zero attached hydrogens (tertiary/aromatic N) is 1. The summed E-state index contributed by atoms with van der Waals surface area (Å²) in [6.45, 7) is 4.99. The van der Waals surface area contributed by atoms with Gasteiger partial charge in [-0.1, -0.05) is 6.92 Å². The number of carbonyl (C=O) groups excluding carboxylic acids is 2. The summed E-state index contributed by atoms with van der Waals surface area (Å²) in [5.41, 5.74) is 5.94. The van der Waals surface area contributed by atoms with Crippen LogP contribution in [0.3, 0.4) is 0 Å². The fraction of sp³-hybridized carbons (Fsp3) is 0.529. The van der Waals surface area contributed by atoms with Crippen molar-refractivity contribution < 1.29 is 19.1 Å². The molecule has 0 bridgehead atoms. The monoisotopic (exact) mass is 320 g/mol. The van der Waals surface area contributed by atoms with Crippen molar-refractivity contribution in [2.24, 2.45) is 11.7 Å². The maximum Gasteiger partial charge on any atom is 0.254 e. The molecule has 2 N–H and O–H groups in total. The van der Waals surface area contributed by atoms with Crippen molar-refractivity contribution in [2.45, 2.75) is 32.7 Å². The van der Waals surface area contributed by atoms with Crippen LogP contribution in [0.4, 0.5) is 0 Å². The molecule has 2 rings (SSSR count). The van der Waals surface area contributed by atoms with E-state index in [4.69, 9.17) is 15.2 Å². The quantitative estimate of drug-likeness (QED) is 0.897. The number of amides is 2. The molecule has 2 atom stereocenters. The van der Waals surface area contributed by atoms with Gasteiger partial charge in [0.2, 0.25) is 5.91 Å². The molecule has 1 aromatic carbocycles. The number of piperidine rings is 1. The first-order chi connectivity index (χ1) is 11.0. The molecule has 1 aliphatic rings. The van der Waals surface area contributed by atoms with Crippen LogP contribution in [0.5, 0.6) is 11.5 Å². The maximum atomic E-state index is 12.8. The van der Waals surface area contributed by atoms with Gasteiger partial charge in [0.1, 0.15) is 6.04 Å². The van der Waals surface area contributed by atoms with Gasteiger partial charge in [-0.3, -0.25) is 9.59 Å². The summed E-state index contributed by atoms with van der Waals surface area (Å²) in [6.07, 6.45) is 1.47. The Hall–Kier alpha value is -2.24. The lowest BCUT2D eigenvalue weighted by Gasteiger charge is -2.36. The van der Waals surface area contributed by atoms with Gasteiger partial charge in [0.15, 0.2) is 11.5 Å². The summed E-state index contributed by atoms with van der Waals surface area (Å²) in [7, 11) is 1.53. The van der Waals surface area contributed by atoms with Gasteiger partial charge in [-0.15, -0.1) is 0 Å². The molecule has 23 heavy (non-hydrogen) atoms. The minimum absolute atomic E-state index is 0.206. The van der Waals surface area contributed by atoms with E-state index in [-0.39, 0.29) is 5.91 Å². The molecule has 0 radical (unpaired) electrons. The molecule has 126 valence electrons. The van der Waals surface area contributed by atoms with Crippen LogP contribution in [0.2, 0.25) is 0 Å². The van der Waals surface area contributed by atoms with Gasteiger partial charge in [0.05, 0.1) is 13.7 Å². The Morgan fingerprint density at radius 2 is 2.09 bits per heavy atom. The number of benzene rings is 1. The lowest BCUT2D eigenvalue weighted by Crippen LogP contribution is -2.52. The number of hydrogen-bond donors (Lipinski definition) is 1. The maximum absolute atomic E-state index is 12.8. The van der Waals surface area contributed by atoms with Gasteiger partial charge in [0.25, 0.3) is 5.91 Å². The predicted molar refractivity (Wildman–Crippen MR) is 86.6 cm³/mol. The largest absolute Gasteiger partial charge is 0.493 e. The highest BCUT2D eigenvalue weighted by Gasteiger charge is 2.34. The molecule has 1 aromatic rings. The van der Waals surface area contributed by atoms with E-state index < -0.39 is 11.9 Å². The zero-order chi connectivity index (χ0) is 17.0. The van der Waals surface area contributed by atoms with Crippen molar-refractivity contribution in [1.29, 1.82) is 0 Å². The SMILES string of the molecule is CCOc1ccc(C(=O)N2CCC(C)CC2C(N)=O)cc1OC. The molecule has 2 unspecified atom stereocenters. The van der Waals surface area contributed by atoms with Gasteiger partial charge < -0.3 is 20.1 Å². The Balaban J connectivity index is 2.26. The number of likely N-dealkylation sites (tertiary alicyclic amines) is 1. The summed E-state index contributed by atoms with van der Waals surface area (Å²) in [4.78, 5) is 26.0. The van der Waals surface area contributed by atoms with E-state index in [9.17, 15) is 9.59 Å². The number of nitrogens with two attached hydrogens (primary N) is 1. The van der Waals surface area contributed by atoms with Gasteiger partial charge in [-0.25, -0.2) is 0 Å². The summed E-state index contributed by atoms with van der Waals surface area (Å²) in [5, 5.41) is 0. The number of primary amides is 1. The standard InChI is InChI=1S/C17H24N2O4/c1-4-23-14-6-5-12(10-15(14)22-3)17(21)19-8-7-11(2)9-13(19)16(18)20/h5-6,10-11,13H,4,7-9H2,1-3H3,(H2,18,20). The summed E-state index contributed by atoms with van der Waals surface area (Å²) in [5.74, 6) is 0.806. The second-order valence-electron chi connectivity index (χ2n) is 5.84. The Morgan fingerprint density at radius 1 is 1.35 bits per heavy atom. The molecule has 2 amide bonds. The van der Waals surface area contributed by atoms with Crippen molar-refractivity contribution in [3.05, 3.63) is 23.8 Å². The molecule has 0 saturated carbocycles. The molecular weight excluding hydrogens is 296 g/mol. The van der Waals surface area contributed by atoms with Crippen LogP contribution in [-0.2, 0) is 4.79 Å². The van der Waals surface area contributed by atoms with Crippen LogP contribution in [-0.4, -0.2) is 43.0 Å². The van der Waals surface area contributed by atoms with E-state index in [2.05, 4.69) is 6.92 Å². The van der Waals surface area contributed by atoms with E-state index >= 15 is 0 Å². The van der Waals surface area contributed by atoms with Crippen molar-refractivity contribution in [1.82, 2.24) is 4.90 Å². The van der Waals surface area contributed by atoms with Crippen LogP contribution < -0.4 is 15.2 Å². The van der Waals surface area contributed by atoms with E-state index in [1.807, 2.05) is 6.92 Å². The zero-order valence-electron chi connectivity index (χ0n) is 13.9. The molecule has 6 heteroatoms. The first kappa shape index (κ1) is 17.1. The first-order valence-corrected chi connectivity index (χ1v) is 7.89. The average molecular weight is 320 g/mol. The highest BCUT2D eigenvalue weighted by molar-refractivity contribution is 5.98. The number of ether oxygens (including phenoxy) is 2. The van der Waals surface area contributed by atoms with E-state index in [1.54, 1.807) is 23.1 Å². The van der Waals surface area contributed by atoms with Crippen LogP contribution in [0.1, 0.15) is 37.0 Å². The highest BCUT2D eigenvalue weighted by atomic mass is 16.5. The number of carbonyl (C=O) groups is 2. The Morgan fingerprint density at radius 3 is 2.70 bits per heavy atom. The van der Waals surface area contributed by atoms with Crippen LogP contribution >= 0.6 is 0 Å². The van der Waals surface area contributed by atoms with Crippen molar-refractivity contribution in [2.75, 3.05) is 20.3 Å². The first-order valence-electron chi connectivity index (χ1n) is 7.89. The summed E-state index contributed by atoms with van der Waals surface area (Å²) >= 11 is 0. The minimum Gasteiger partial charge on any atom is -0.493 e. The van der Waals surface area contributed by atoms with Crippen molar-refractivity contribution in [3.8, 4) is 11.5 Å². The number of hydrogen-bond acceptors (Lipinski definition) is 4. The van der Waals surface area contributed by atoms with Gasteiger partial charge in [-0.05, 0) is 43.9 Å². The molecule has 0 aromatic heterocycles. The van der Waals surface area contributed by atoms with Crippen LogP contribution in [0.15, 0.2) is 18.2 Å². The van der Waals surface area contributed by atoms with Crippen molar-refractivity contribution >= 4 is 11.8 Å². The molecule has 1 heterocycles. The van der Waals surface area contributed by atoms with Crippen molar-refractivity contribution in [3.63, 3.8) is 0 Å². The Labute approximate surface area is 136 Å². The second-order valence-corrected chi connectivity index (χ2v) is 5.84. The molecule has 1 saturated heterocycles.